The van der Waals surface area contributed by atoms with Crippen molar-refractivity contribution in [3.05, 3.63) is 35.5 Å². The highest BCUT2D eigenvalue weighted by molar-refractivity contribution is 6.31. The quantitative estimate of drug-likeness (QED) is 0.669. The van der Waals surface area contributed by atoms with E-state index >= 15 is 0 Å². The van der Waals surface area contributed by atoms with Crippen LogP contribution in [-0.2, 0) is 0 Å². The summed E-state index contributed by atoms with van der Waals surface area (Å²) < 4.78 is 0. The maximum absolute atomic E-state index is 5.94. The minimum atomic E-state index is 0.561. The molecule has 3 rings (SSSR count). The van der Waals surface area contributed by atoms with E-state index in [4.69, 9.17) is 11.6 Å². The molecule has 0 saturated carbocycles. The zero-order valence-corrected chi connectivity index (χ0v) is 9.86. The number of nitrogens with zero attached hydrogens (tertiary/aromatic N) is 3. The lowest BCUT2D eigenvalue weighted by Crippen LogP contribution is -1.97. The third-order valence-electron chi connectivity index (χ3n) is 2.55. The van der Waals surface area contributed by atoms with E-state index in [9.17, 15) is 0 Å². The van der Waals surface area contributed by atoms with Gasteiger partial charge in [-0.15, -0.1) is 0 Å². The number of aromatic nitrogens is 3. The van der Waals surface area contributed by atoms with Gasteiger partial charge in [0.15, 0.2) is 5.65 Å². The molecule has 0 aliphatic rings. The average Bonchev–Trinajstić information content (AvgIpc) is 2.35. The molecule has 17 heavy (non-hydrogen) atoms. The van der Waals surface area contributed by atoms with E-state index in [1.165, 1.54) is 0 Å². The normalized spacial score (nSPS) is 10.9. The van der Waals surface area contributed by atoms with Gasteiger partial charge in [-0.1, -0.05) is 17.7 Å². The first-order valence-electron chi connectivity index (χ1n) is 5.17. The first kappa shape index (κ1) is 10.2. The molecule has 0 aliphatic heterocycles. The Morgan fingerprint density at radius 2 is 2.00 bits per heavy atom. The van der Waals surface area contributed by atoms with Gasteiger partial charge >= 0.3 is 0 Å². The number of pyridine rings is 1. The van der Waals surface area contributed by atoms with E-state index < -0.39 is 0 Å². The summed E-state index contributed by atoms with van der Waals surface area (Å²) in [5, 5.41) is 5.51. The number of hydrogen-bond acceptors (Lipinski definition) is 4. The molecule has 3 aromatic rings. The highest BCUT2D eigenvalue weighted by Gasteiger charge is 2.03. The summed E-state index contributed by atoms with van der Waals surface area (Å²) in [6.07, 6.45) is 1.76. The Bertz CT molecular complexity index is 711. The lowest BCUT2D eigenvalue weighted by Gasteiger charge is -2.03. The summed E-state index contributed by atoms with van der Waals surface area (Å²) in [5.41, 5.74) is 1.50. The van der Waals surface area contributed by atoms with E-state index in [0.29, 0.717) is 16.6 Å². The van der Waals surface area contributed by atoms with E-state index in [2.05, 4.69) is 20.3 Å². The van der Waals surface area contributed by atoms with Crippen LogP contribution in [0.15, 0.2) is 30.5 Å². The van der Waals surface area contributed by atoms with Gasteiger partial charge in [0.1, 0.15) is 0 Å². The number of anilines is 1. The third kappa shape index (κ3) is 1.76. The van der Waals surface area contributed by atoms with Gasteiger partial charge in [-0.2, -0.15) is 4.98 Å². The molecule has 1 aromatic carbocycles. The van der Waals surface area contributed by atoms with Crippen molar-refractivity contribution in [2.75, 3.05) is 12.4 Å². The fraction of sp³-hybridized carbons (Fsp3) is 0.0833. The van der Waals surface area contributed by atoms with Crippen LogP contribution in [0.1, 0.15) is 0 Å². The van der Waals surface area contributed by atoms with Crippen LogP contribution in [0.25, 0.3) is 21.9 Å². The van der Waals surface area contributed by atoms with E-state index in [1.54, 1.807) is 13.2 Å². The Balaban J connectivity index is 2.36. The molecule has 2 aromatic heterocycles. The van der Waals surface area contributed by atoms with Crippen molar-refractivity contribution in [2.24, 2.45) is 0 Å². The molecule has 84 valence electrons. The fourth-order valence-corrected chi connectivity index (χ4v) is 1.88. The zero-order valence-electron chi connectivity index (χ0n) is 9.11. The Morgan fingerprint density at radius 1 is 1.12 bits per heavy atom. The number of benzene rings is 1. The molecule has 0 bridgehead atoms. The fourth-order valence-electron chi connectivity index (χ4n) is 1.71. The SMILES string of the molecule is CNc1ncc2cc3ccc(Cl)cc3nc2n1. The lowest BCUT2D eigenvalue weighted by molar-refractivity contribution is 1.17. The Hall–Kier alpha value is -1.94. The topological polar surface area (TPSA) is 50.7 Å². The van der Waals surface area contributed by atoms with Gasteiger partial charge in [0.2, 0.25) is 5.95 Å². The number of rotatable bonds is 1. The monoisotopic (exact) mass is 244 g/mol. The summed E-state index contributed by atoms with van der Waals surface area (Å²) in [6.45, 7) is 0. The summed E-state index contributed by atoms with van der Waals surface area (Å²) in [4.78, 5) is 12.9. The molecular formula is C12H9ClN4. The minimum absolute atomic E-state index is 0.561. The molecule has 0 radical (unpaired) electrons. The lowest BCUT2D eigenvalue weighted by atomic mass is 10.2. The summed E-state index contributed by atoms with van der Waals surface area (Å²) in [5.74, 6) is 0.561. The van der Waals surface area contributed by atoms with Crippen molar-refractivity contribution >= 4 is 39.5 Å². The van der Waals surface area contributed by atoms with Gasteiger partial charge in [0.25, 0.3) is 0 Å². The van der Waals surface area contributed by atoms with Crippen molar-refractivity contribution in [1.82, 2.24) is 15.0 Å². The van der Waals surface area contributed by atoms with Crippen LogP contribution >= 0.6 is 11.6 Å². The van der Waals surface area contributed by atoms with E-state index in [0.717, 1.165) is 16.3 Å². The standard InChI is InChI=1S/C12H9ClN4/c1-14-12-15-6-8-4-7-2-3-9(13)5-10(7)16-11(8)17-12/h2-6H,1H3,(H,14,15,16,17). The van der Waals surface area contributed by atoms with Crippen molar-refractivity contribution in [3.63, 3.8) is 0 Å². The molecule has 4 nitrogen and oxygen atoms in total. The van der Waals surface area contributed by atoms with Crippen molar-refractivity contribution in [1.29, 1.82) is 0 Å². The van der Waals surface area contributed by atoms with Crippen LogP contribution < -0.4 is 5.32 Å². The van der Waals surface area contributed by atoms with Gasteiger partial charge in [0, 0.05) is 29.0 Å². The molecule has 0 amide bonds. The van der Waals surface area contributed by atoms with Crippen LogP contribution in [0.2, 0.25) is 5.02 Å². The van der Waals surface area contributed by atoms with Gasteiger partial charge in [-0.3, -0.25) is 0 Å². The Morgan fingerprint density at radius 3 is 2.82 bits per heavy atom. The second-order valence-electron chi connectivity index (χ2n) is 3.68. The Kier molecular flexibility index (Phi) is 2.30. The van der Waals surface area contributed by atoms with Gasteiger partial charge in [-0.25, -0.2) is 9.97 Å². The Labute approximate surface area is 103 Å². The van der Waals surface area contributed by atoms with Crippen molar-refractivity contribution in [3.8, 4) is 0 Å². The van der Waals surface area contributed by atoms with Gasteiger partial charge in [0.05, 0.1) is 5.52 Å². The number of fused-ring (bicyclic) bond motifs is 2. The van der Waals surface area contributed by atoms with E-state index in [-0.39, 0.29) is 0 Å². The molecule has 5 heteroatoms. The second-order valence-corrected chi connectivity index (χ2v) is 4.12. The highest BCUT2D eigenvalue weighted by Crippen LogP contribution is 2.21. The molecule has 0 saturated heterocycles. The zero-order chi connectivity index (χ0) is 11.8. The summed E-state index contributed by atoms with van der Waals surface area (Å²) >= 11 is 5.94. The van der Waals surface area contributed by atoms with Crippen LogP contribution in [-0.4, -0.2) is 22.0 Å². The predicted molar refractivity (Wildman–Crippen MR) is 69.4 cm³/mol. The molecule has 0 spiro atoms. The first-order chi connectivity index (χ1) is 8.26. The molecule has 0 fully saturated rings. The number of halogens is 1. The summed E-state index contributed by atoms with van der Waals surface area (Å²) in [7, 11) is 1.78. The molecule has 0 atom stereocenters. The number of nitrogens with one attached hydrogen (secondary N) is 1. The van der Waals surface area contributed by atoms with Crippen molar-refractivity contribution < 1.29 is 0 Å². The first-order valence-corrected chi connectivity index (χ1v) is 5.55. The third-order valence-corrected chi connectivity index (χ3v) is 2.78. The maximum Gasteiger partial charge on any atom is 0.224 e. The molecule has 0 aliphatic carbocycles. The van der Waals surface area contributed by atoms with Gasteiger partial charge in [-0.05, 0) is 18.2 Å². The largest absolute Gasteiger partial charge is 0.357 e. The van der Waals surface area contributed by atoms with Crippen LogP contribution in [0, 0.1) is 0 Å². The van der Waals surface area contributed by atoms with Crippen LogP contribution in [0.5, 0.6) is 0 Å². The van der Waals surface area contributed by atoms with Gasteiger partial charge < -0.3 is 5.32 Å². The smallest absolute Gasteiger partial charge is 0.224 e. The van der Waals surface area contributed by atoms with E-state index in [1.807, 2.05) is 24.3 Å². The molecule has 1 N–H and O–H groups in total. The average molecular weight is 245 g/mol. The van der Waals surface area contributed by atoms with Crippen LogP contribution in [0.3, 0.4) is 0 Å². The van der Waals surface area contributed by atoms with Crippen molar-refractivity contribution in [2.45, 2.75) is 0 Å². The number of hydrogen-bond donors (Lipinski definition) is 1. The van der Waals surface area contributed by atoms with Crippen LogP contribution in [0.4, 0.5) is 5.95 Å². The maximum atomic E-state index is 5.94. The molecular weight excluding hydrogens is 236 g/mol. The predicted octanol–water partition coefficient (Wildman–Crippen LogP) is 2.87. The minimum Gasteiger partial charge on any atom is -0.357 e. The molecule has 2 heterocycles. The second kappa shape index (κ2) is 3.82. The summed E-state index contributed by atoms with van der Waals surface area (Å²) in [6, 6.07) is 7.63. The highest BCUT2D eigenvalue weighted by atomic mass is 35.5. The molecule has 0 unspecified atom stereocenters.